The standard InChI is InChI=1S/C30H32Cl3N3O4S/c1-2-27(30(38)34-23-11-7-8-12-23)35(19-21-10-6-9-15-25(21)32)29(37)20-36(28-17-16-22(31)18-26(28)33)41(39,40)24-13-4-3-5-14-24/h3-6,9-10,13-18,23,27H,2,7-8,11-12,19-20H2,1H3,(H,34,38)/t27-/m1/s1. The summed E-state index contributed by atoms with van der Waals surface area (Å²) in [5.74, 6) is -0.856. The Kier molecular flexibility index (Phi) is 10.6. The molecule has 0 spiro atoms. The lowest BCUT2D eigenvalue weighted by atomic mass is 10.1. The minimum atomic E-state index is -4.24. The normalized spacial score (nSPS) is 14.4. The van der Waals surface area contributed by atoms with Gasteiger partial charge in [0.2, 0.25) is 11.8 Å². The average molecular weight is 637 g/mol. The maximum Gasteiger partial charge on any atom is 0.264 e. The molecule has 0 saturated heterocycles. The molecular formula is C30H32Cl3N3O4S. The van der Waals surface area contributed by atoms with Gasteiger partial charge >= 0.3 is 0 Å². The van der Waals surface area contributed by atoms with Gasteiger partial charge in [0.05, 0.1) is 15.6 Å². The van der Waals surface area contributed by atoms with Crippen LogP contribution < -0.4 is 9.62 Å². The van der Waals surface area contributed by atoms with Gasteiger partial charge in [-0.3, -0.25) is 13.9 Å². The van der Waals surface area contributed by atoms with E-state index in [4.69, 9.17) is 34.8 Å². The highest BCUT2D eigenvalue weighted by Crippen LogP contribution is 2.33. The number of carbonyl (C=O) groups excluding carboxylic acids is 2. The van der Waals surface area contributed by atoms with Crippen LogP contribution in [0.2, 0.25) is 15.1 Å². The SMILES string of the molecule is CC[C@H](C(=O)NC1CCCC1)N(Cc1ccccc1Cl)C(=O)CN(c1ccc(Cl)cc1Cl)S(=O)(=O)c1ccccc1. The van der Waals surface area contributed by atoms with Gasteiger partial charge in [-0.05, 0) is 61.2 Å². The Morgan fingerprint density at radius 2 is 1.59 bits per heavy atom. The monoisotopic (exact) mass is 635 g/mol. The summed E-state index contributed by atoms with van der Waals surface area (Å²) in [5, 5.41) is 3.90. The van der Waals surface area contributed by atoms with Gasteiger partial charge in [0.25, 0.3) is 10.0 Å². The molecule has 1 saturated carbocycles. The number of carbonyl (C=O) groups is 2. The van der Waals surface area contributed by atoms with Crippen LogP contribution in [0, 0.1) is 0 Å². The van der Waals surface area contributed by atoms with Gasteiger partial charge in [-0.2, -0.15) is 0 Å². The Hall–Kier alpha value is -2.78. The number of hydrogen-bond acceptors (Lipinski definition) is 4. The third-order valence-electron chi connectivity index (χ3n) is 7.17. The second kappa shape index (κ2) is 13.9. The first-order valence-corrected chi connectivity index (χ1v) is 16.0. The van der Waals surface area contributed by atoms with Crippen LogP contribution >= 0.6 is 34.8 Å². The maximum atomic E-state index is 14.2. The van der Waals surface area contributed by atoms with Crippen LogP contribution in [0.4, 0.5) is 5.69 Å². The molecule has 0 aromatic heterocycles. The smallest absolute Gasteiger partial charge is 0.264 e. The molecule has 0 radical (unpaired) electrons. The topological polar surface area (TPSA) is 86.8 Å². The highest BCUT2D eigenvalue weighted by molar-refractivity contribution is 7.92. The molecule has 1 fully saturated rings. The summed E-state index contributed by atoms with van der Waals surface area (Å²) < 4.78 is 28.8. The molecule has 1 aliphatic carbocycles. The Balaban J connectivity index is 1.74. The number of sulfonamides is 1. The van der Waals surface area contributed by atoms with Crippen molar-refractivity contribution in [1.82, 2.24) is 10.2 Å². The van der Waals surface area contributed by atoms with E-state index in [9.17, 15) is 18.0 Å². The zero-order chi connectivity index (χ0) is 29.6. The summed E-state index contributed by atoms with van der Waals surface area (Å²) in [5.41, 5.74) is 0.728. The highest BCUT2D eigenvalue weighted by Gasteiger charge is 2.35. The summed E-state index contributed by atoms with van der Waals surface area (Å²) >= 11 is 19.0. The minimum Gasteiger partial charge on any atom is -0.352 e. The van der Waals surface area contributed by atoms with Crippen molar-refractivity contribution in [2.45, 2.75) is 62.6 Å². The molecule has 11 heteroatoms. The third kappa shape index (κ3) is 7.55. The predicted octanol–water partition coefficient (Wildman–Crippen LogP) is 6.71. The van der Waals surface area contributed by atoms with Gasteiger partial charge in [0.1, 0.15) is 12.6 Å². The van der Waals surface area contributed by atoms with E-state index in [0.717, 1.165) is 30.0 Å². The van der Waals surface area contributed by atoms with E-state index in [-0.39, 0.29) is 34.1 Å². The summed E-state index contributed by atoms with van der Waals surface area (Å²) in [4.78, 5) is 29.1. The lowest BCUT2D eigenvalue weighted by molar-refractivity contribution is -0.140. The van der Waals surface area contributed by atoms with Crippen LogP contribution in [0.1, 0.15) is 44.6 Å². The molecule has 3 aromatic rings. The van der Waals surface area contributed by atoms with Crippen LogP contribution in [-0.2, 0) is 26.2 Å². The number of rotatable bonds is 11. The number of anilines is 1. The van der Waals surface area contributed by atoms with Gasteiger partial charge in [0, 0.05) is 22.6 Å². The molecule has 2 amide bonds. The molecule has 3 aromatic carbocycles. The summed E-state index contributed by atoms with van der Waals surface area (Å²) in [6.45, 7) is 1.24. The maximum absolute atomic E-state index is 14.2. The van der Waals surface area contributed by atoms with E-state index >= 15 is 0 Å². The predicted molar refractivity (Wildman–Crippen MR) is 164 cm³/mol. The third-order valence-corrected chi connectivity index (χ3v) is 9.86. The summed E-state index contributed by atoms with van der Waals surface area (Å²) in [7, 11) is -4.24. The molecule has 4 rings (SSSR count). The Morgan fingerprint density at radius 1 is 0.927 bits per heavy atom. The summed E-state index contributed by atoms with van der Waals surface area (Å²) in [6, 6.07) is 18.4. The zero-order valence-electron chi connectivity index (χ0n) is 22.6. The molecule has 0 bridgehead atoms. The van der Waals surface area contributed by atoms with Gasteiger partial charge < -0.3 is 10.2 Å². The van der Waals surface area contributed by atoms with Crippen LogP contribution in [0.5, 0.6) is 0 Å². The molecule has 1 aliphatic rings. The molecule has 1 N–H and O–H groups in total. The van der Waals surface area contributed by atoms with Crippen molar-refractivity contribution < 1.29 is 18.0 Å². The number of hydrogen-bond donors (Lipinski definition) is 1. The zero-order valence-corrected chi connectivity index (χ0v) is 25.7. The van der Waals surface area contributed by atoms with Crippen molar-refractivity contribution in [2.24, 2.45) is 0 Å². The van der Waals surface area contributed by atoms with Crippen molar-refractivity contribution in [3.63, 3.8) is 0 Å². The van der Waals surface area contributed by atoms with Gasteiger partial charge in [-0.15, -0.1) is 0 Å². The van der Waals surface area contributed by atoms with Crippen molar-refractivity contribution in [1.29, 1.82) is 0 Å². The Bertz CT molecular complexity index is 1480. The van der Waals surface area contributed by atoms with Crippen molar-refractivity contribution in [3.8, 4) is 0 Å². The van der Waals surface area contributed by atoms with Gasteiger partial charge in [0.15, 0.2) is 0 Å². The number of nitrogens with zero attached hydrogens (tertiary/aromatic N) is 2. The molecule has 7 nitrogen and oxygen atoms in total. The minimum absolute atomic E-state index is 0.0116. The van der Waals surface area contributed by atoms with Gasteiger partial charge in [-0.1, -0.05) is 91.0 Å². The molecule has 0 aliphatic heterocycles. The molecule has 1 atom stereocenters. The van der Waals surface area contributed by atoms with Crippen LogP contribution in [0.3, 0.4) is 0 Å². The van der Waals surface area contributed by atoms with Crippen LogP contribution in [0.15, 0.2) is 77.7 Å². The number of benzene rings is 3. The fourth-order valence-corrected chi connectivity index (χ4v) is 7.22. The van der Waals surface area contributed by atoms with Crippen LogP contribution in [0.25, 0.3) is 0 Å². The van der Waals surface area contributed by atoms with Crippen molar-refractivity contribution in [3.05, 3.63) is 93.4 Å². The molecule has 0 heterocycles. The first-order valence-electron chi connectivity index (χ1n) is 13.5. The number of halogens is 3. The second-order valence-corrected chi connectivity index (χ2v) is 13.1. The lowest BCUT2D eigenvalue weighted by Gasteiger charge is -2.34. The fraction of sp³-hybridized carbons (Fsp3) is 0.333. The van der Waals surface area contributed by atoms with E-state index in [1.807, 2.05) is 6.92 Å². The Labute approximate surface area is 256 Å². The average Bonchev–Trinajstić information content (AvgIpc) is 3.46. The quantitative estimate of drug-likeness (QED) is 0.254. The van der Waals surface area contributed by atoms with Gasteiger partial charge in [-0.25, -0.2) is 8.42 Å². The second-order valence-electron chi connectivity index (χ2n) is 9.95. The van der Waals surface area contributed by atoms with E-state index in [0.29, 0.717) is 22.0 Å². The molecule has 41 heavy (non-hydrogen) atoms. The molecule has 218 valence electrons. The first kappa shape index (κ1) is 31.2. The van der Waals surface area contributed by atoms with E-state index in [1.165, 1.54) is 35.2 Å². The molecule has 0 unspecified atom stereocenters. The van der Waals surface area contributed by atoms with Crippen LogP contribution in [-0.4, -0.2) is 43.8 Å². The van der Waals surface area contributed by atoms with E-state index < -0.39 is 28.5 Å². The number of nitrogens with one attached hydrogen (secondary N) is 1. The summed E-state index contributed by atoms with van der Waals surface area (Å²) in [6.07, 6.45) is 4.18. The van der Waals surface area contributed by atoms with Crippen molar-refractivity contribution >= 4 is 62.3 Å². The number of amides is 2. The lowest BCUT2D eigenvalue weighted by Crippen LogP contribution is -2.53. The molecular weight excluding hydrogens is 605 g/mol. The largest absolute Gasteiger partial charge is 0.352 e. The van der Waals surface area contributed by atoms with Crippen molar-refractivity contribution in [2.75, 3.05) is 10.8 Å². The Morgan fingerprint density at radius 3 is 2.22 bits per heavy atom. The van der Waals surface area contributed by atoms with E-state index in [1.54, 1.807) is 42.5 Å². The highest BCUT2D eigenvalue weighted by atomic mass is 35.5. The fourth-order valence-electron chi connectivity index (χ4n) is 5.01. The van der Waals surface area contributed by atoms with E-state index in [2.05, 4.69) is 5.32 Å². The first-order chi connectivity index (χ1) is 19.6.